The van der Waals surface area contributed by atoms with E-state index in [0.29, 0.717) is 17.2 Å². The summed E-state index contributed by atoms with van der Waals surface area (Å²) in [6.07, 6.45) is 8.59. The van der Waals surface area contributed by atoms with Crippen molar-refractivity contribution in [2.75, 3.05) is 5.32 Å². The van der Waals surface area contributed by atoms with Crippen LogP contribution in [0.25, 0.3) is 33.5 Å². The smallest absolute Gasteiger partial charge is 0.197 e. The first-order chi connectivity index (χ1) is 12.4. The van der Waals surface area contributed by atoms with E-state index in [1.165, 1.54) is 0 Å². The van der Waals surface area contributed by atoms with Crippen molar-refractivity contribution in [3.8, 4) is 11.6 Å². The van der Waals surface area contributed by atoms with Crippen LogP contribution in [0.5, 0.6) is 0 Å². The van der Waals surface area contributed by atoms with Crippen molar-refractivity contribution >= 4 is 33.2 Å². The first-order valence-electron chi connectivity index (χ1n) is 7.72. The standard InChI is InChI=1S/C18H12N6O/c1-5-20-18(21-6-1)17-16(13-4-7-19-10-15(13)25-17)23-12-3-2-11-9-22-24-14(11)8-12/h1-10,23H,(H,22,24). The molecular weight excluding hydrogens is 316 g/mol. The van der Waals surface area contributed by atoms with Gasteiger partial charge in [0.15, 0.2) is 17.2 Å². The number of rotatable bonds is 3. The van der Waals surface area contributed by atoms with Gasteiger partial charge in [-0.25, -0.2) is 9.97 Å². The SMILES string of the molecule is c1cnc(-c2oc3cnccc3c2Nc2ccc3cn[nH]c3c2)nc1. The average Bonchev–Trinajstić information content (AvgIpc) is 3.27. The lowest BCUT2D eigenvalue weighted by Crippen LogP contribution is -1.93. The Labute approximate surface area is 141 Å². The number of nitrogens with one attached hydrogen (secondary N) is 2. The molecule has 7 nitrogen and oxygen atoms in total. The molecule has 4 aromatic heterocycles. The lowest BCUT2D eigenvalue weighted by Gasteiger charge is -2.07. The highest BCUT2D eigenvalue weighted by Crippen LogP contribution is 2.38. The van der Waals surface area contributed by atoms with E-state index in [0.717, 1.165) is 27.7 Å². The number of anilines is 2. The fraction of sp³-hybridized carbons (Fsp3) is 0. The van der Waals surface area contributed by atoms with Gasteiger partial charge in [0.2, 0.25) is 0 Å². The molecule has 0 aliphatic heterocycles. The molecule has 0 atom stereocenters. The number of H-pyrrole nitrogens is 1. The second kappa shape index (κ2) is 5.41. The topological polar surface area (TPSA) is 92.5 Å². The van der Waals surface area contributed by atoms with Gasteiger partial charge in [-0.05, 0) is 30.3 Å². The summed E-state index contributed by atoms with van der Waals surface area (Å²) < 4.78 is 5.96. The third-order valence-corrected chi connectivity index (χ3v) is 3.97. The molecule has 0 amide bonds. The van der Waals surface area contributed by atoms with Crippen molar-refractivity contribution in [1.82, 2.24) is 25.1 Å². The van der Waals surface area contributed by atoms with Crippen LogP contribution in [0.4, 0.5) is 11.4 Å². The van der Waals surface area contributed by atoms with E-state index < -0.39 is 0 Å². The van der Waals surface area contributed by atoms with Crippen molar-refractivity contribution in [3.05, 3.63) is 61.3 Å². The normalized spacial score (nSPS) is 11.2. The van der Waals surface area contributed by atoms with Crippen LogP contribution in [-0.2, 0) is 0 Å². The van der Waals surface area contributed by atoms with Crippen molar-refractivity contribution in [3.63, 3.8) is 0 Å². The summed E-state index contributed by atoms with van der Waals surface area (Å²) in [6.45, 7) is 0. The summed E-state index contributed by atoms with van der Waals surface area (Å²) in [5, 5.41) is 12.4. The summed E-state index contributed by atoms with van der Waals surface area (Å²) in [7, 11) is 0. The van der Waals surface area contributed by atoms with E-state index >= 15 is 0 Å². The molecule has 0 unspecified atom stereocenters. The lowest BCUT2D eigenvalue weighted by atomic mass is 10.2. The minimum atomic E-state index is 0.517. The maximum atomic E-state index is 5.96. The van der Waals surface area contributed by atoms with Gasteiger partial charge in [-0.1, -0.05) is 0 Å². The van der Waals surface area contributed by atoms with Crippen molar-refractivity contribution < 1.29 is 4.42 Å². The zero-order valence-corrected chi connectivity index (χ0v) is 13.0. The highest BCUT2D eigenvalue weighted by atomic mass is 16.3. The summed E-state index contributed by atoms with van der Waals surface area (Å²) in [5.41, 5.74) is 3.35. The van der Waals surface area contributed by atoms with Gasteiger partial charge in [-0.2, -0.15) is 5.10 Å². The van der Waals surface area contributed by atoms with Crippen LogP contribution in [0.2, 0.25) is 0 Å². The number of fused-ring (bicyclic) bond motifs is 2. The van der Waals surface area contributed by atoms with Crippen LogP contribution in [0.15, 0.2) is 65.7 Å². The molecule has 0 spiro atoms. The minimum absolute atomic E-state index is 0.517. The molecule has 7 heteroatoms. The predicted octanol–water partition coefficient (Wildman–Crippen LogP) is 3.90. The molecule has 0 fully saturated rings. The Balaban J connectivity index is 1.68. The number of aromatic nitrogens is 5. The number of aromatic amines is 1. The van der Waals surface area contributed by atoms with Gasteiger partial charge < -0.3 is 9.73 Å². The second-order valence-electron chi connectivity index (χ2n) is 5.55. The Morgan fingerprint density at radius 2 is 1.92 bits per heavy atom. The number of hydrogen-bond acceptors (Lipinski definition) is 6. The van der Waals surface area contributed by atoms with Gasteiger partial charge in [0.1, 0.15) is 0 Å². The Bertz CT molecular complexity index is 1180. The van der Waals surface area contributed by atoms with Crippen LogP contribution in [0, 0.1) is 0 Å². The van der Waals surface area contributed by atoms with E-state index in [4.69, 9.17) is 4.42 Å². The van der Waals surface area contributed by atoms with Crippen LogP contribution >= 0.6 is 0 Å². The molecule has 0 aliphatic rings. The van der Waals surface area contributed by atoms with Crippen LogP contribution in [0.3, 0.4) is 0 Å². The Kier molecular flexibility index (Phi) is 2.96. The molecule has 0 radical (unpaired) electrons. The van der Waals surface area contributed by atoms with Gasteiger partial charge in [0.25, 0.3) is 0 Å². The average molecular weight is 328 g/mol. The zero-order chi connectivity index (χ0) is 16.6. The first-order valence-corrected chi connectivity index (χ1v) is 7.72. The lowest BCUT2D eigenvalue weighted by molar-refractivity contribution is 0.624. The van der Waals surface area contributed by atoms with Gasteiger partial charge in [0, 0.05) is 35.1 Å². The van der Waals surface area contributed by atoms with Gasteiger partial charge in [0.05, 0.1) is 23.6 Å². The summed E-state index contributed by atoms with van der Waals surface area (Å²) in [6, 6.07) is 9.67. The van der Waals surface area contributed by atoms with E-state index in [9.17, 15) is 0 Å². The fourth-order valence-electron chi connectivity index (χ4n) is 2.81. The summed E-state index contributed by atoms with van der Waals surface area (Å²) in [5.74, 6) is 1.09. The molecule has 5 rings (SSSR count). The number of pyridine rings is 1. The molecule has 120 valence electrons. The molecular formula is C18H12N6O. The maximum absolute atomic E-state index is 5.96. The van der Waals surface area contributed by atoms with Gasteiger partial charge in [-0.3, -0.25) is 10.1 Å². The highest BCUT2D eigenvalue weighted by Gasteiger charge is 2.18. The third kappa shape index (κ3) is 2.29. The molecule has 25 heavy (non-hydrogen) atoms. The number of nitrogens with zero attached hydrogens (tertiary/aromatic N) is 4. The molecule has 0 aliphatic carbocycles. The largest absolute Gasteiger partial charge is 0.449 e. The minimum Gasteiger partial charge on any atom is -0.449 e. The Morgan fingerprint density at radius 3 is 2.84 bits per heavy atom. The molecule has 2 N–H and O–H groups in total. The van der Waals surface area contributed by atoms with E-state index in [1.54, 1.807) is 37.1 Å². The molecule has 0 saturated heterocycles. The fourth-order valence-corrected chi connectivity index (χ4v) is 2.81. The molecule has 0 bridgehead atoms. The van der Waals surface area contributed by atoms with Gasteiger partial charge >= 0.3 is 0 Å². The second-order valence-corrected chi connectivity index (χ2v) is 5.55. The molecule has 5 aromatic rings. The first kappa shape index (κ1) is 13.7. The Hall–Kier alpha value is -3.74. The van der Waals surface area contributed by atoms with E-state index in [2.05, 4.69) is 30.5 Å². The van der Waals surface area contributed by atoms with Crippen LogP contribution in [0.1, 0.15) is 0 Å². The third-order valence-electron chi connectivity index (χ3n) is 3.97. The number of hydrogen-bond donors (Lipinski definition) is 2. The van der Waals surface area contributed by atoms with E-state index in [1.807, 2.05) is 24.3 Å². The number of benzene rings is 1. The maximum Gasteiger partial charge on any atom is 0.197 e. The number of furan rings is 1. The van der Waals surface area contributed by atoms with Crippen molar-refractivity contribution in [2.24, 2.45) is 0 Å². The molecule has 1 aromatic carbocycles. The molecule has 0 saturated carbocycles. The summed E-state index contributed by atoms with van der Waals surface area (Å²) >= 11 is 0. The summed E-state index contributed by atoms with van der Waals surface area (Å²) in [4.78, 5) is 12.7. The van der Waals surface area contributed by atoms with Crippen molar-refractivity contribution in [1.29, 1.82) is 0 Å². The van der Waals surface area contributed by atoms with E-state index in [-0.39, 0.29) is 0 Å². The predicted molar refractivity (Wildman–Crippen MR) is 94.4 cm³/mol. The van der Waals surface area contributed by atoms with Crippen LogP contribution in [-0.4, -0.2) is 25.1 Å². The quantitative estimate of drug-likeness (QED) is 0.522. The highest BCUT2D eigenvalue weighted by molar-refractivity contribution is 5.99. The monoisotopic (exact) mass is 328 g/mol. The van der Waals surface area contributed by atoms with Gasteiger partial charge in [-0.15, -0.1) is 0 Å². The van der Waals surface area contributed by atoms with Crippen molar-refractivity contribution in [2.45, 2.75) is 0 Å². The Morgan fingerprint density at radius 1 is 1.00 bits per heavy atom. The zero-order valence-electron chi connectivity index (χ0n) is 13.0. The molecule has 4 heterocycles. The van der Waals surface area contributed by atoms with Crippen LogP contribution < -0.4 is 5.32 Å².